The molecule has 0 bridgehead atoms. The number of rotatable bonds is 5. The molecule has 0 atom stereocenters. The molecular formula is C18H19N3O2S. The van der Waals surface area contributed by atoms with Crippen molar-refractivity contribution in [1.29, 1.82) is 0 Å². The van der Waals surface area contributed by atoms with Gasteiger partial charge in [0.1, 0.15) is 0 Å². The summed E-state index contributed by atoms with van der Waals surface area (Å²) in [5.74, 6) is -1.51. The Morgan fingerprint density at radius 2 is 1.71 bits per heavy atom. The van der Waals surface area contributed by atoms with Crippen LogP contribution in [0, 0.1) is 6.92 Å². The number of hydrogen-bond donors (Lipinski definition) is 2. The van der Waals surface area contributed by atoms with Crippen LogP contribution in [-0.4, -0.2) is 24.3 Å². The molecule has 0 aliphatic heterocycles. The smallest absolute Gasteiger partial charge is 0.329 e. The van der Waals surface area contributed by atoms with E-state index in [9.17, 15) is 9.59 Å². The highest BCUT2D eigenvalue weighted by Gasteiger charge is 2.11. The summed E-state index contributed by atoms with van der Waals surface area (Å²) in [6.45, 7) is 2.29. The van der Waals surface area contributed by atoms with Crippen LogP contribution >= 0.6 is 11.8 Å². The molecule has 0 saturated heterocycles. The summed E-state index contributed by atoms with van der Waals surface area (Å²) < 4.78 is 0. The van der Waals surface area contributed by atoms with Gasteiger partial charge in [-0.1, -0.05) is 42.0 Å². The lowest BCUT2D eigenvalue weighted by Crippen LogP contribution is -2.37. The number of carbonyl (C=O) groups is 2. The molecule has 2 rings (SSSR count). The van der Waals surface area contributed by atoms with Gasteiger partial charge in [0.25, 0.3) is 0 Å². The lowest BCUT2D eigenvalue weighted by molar-refractivity contribution is -0.139. The molecule has 0 fully saturated rings. The molecule has 2 N–H and O–H groups in total. The normalized spacial score (nSPS) is 10.6. The highest BCUT2D eigenvalue weighted by molar-refractivity contribution is 7.98. The molecule has 2 aromatic rings. The molecule has 0 aliphatic rings. The summed E-state index contributed by atoms with van der Waals surface area (Å²) in [6.07, 6.45) is 3.49. The lowest BCUT2D eigenvalue weighted by atomic mass is 10.1. The minimum atomic E-state index is -0.793. The summed E-state index contributed by atoms with van der Waals surface area (Å²) >= 11 is 1.65. The molecule has 2 amide bonds. The van der Waals surface area contributed by atoms with E-state index in [2.05, 4.69) is 15.8 Å². The van der Waals surface area contributed by atoms with Gasteiger partial charge in [0, 0.05) is 11.4 Å². The van der Waals surface area contributed by atoms with Gasteiger partial charge in [0.05, 0.1) is 6.21 Å². The van der Waals surface area contributed by atoms with Crippen molar-refractivity contribution in [2.24, 2.45) is 5.10 Å². The monoisotopic (exact) mass is 341 g/mol. The first kappa shape index (κ1) is 17.7. The van der Waals surface area contributed by atoms with Crippen LogP contribution in [0.3, 0.4) is 0 Å². The minimum absolute atomic E-state index is 0.298. The van der Waals surface area contributed by atoms with E-state index in [4.69, 9.17) is 0 Å². The Balaban J connectivity index is 1.79. The molecule has 0 radical (unpaired) electrons. The third kappa shape index (κ3) is 5.55. The first-order valence-corrected chi connectivity index (χ1v) is 8.62. The van der Waals surface area contributed by atoms with Crippen molar-refractivity contribution in [3.05, 3.63) is 65.2 Å². The van der Waals surface area contributed by atoms with Crippen molar-refractivity contribution >= 4 is 29.8 Å². The number of hydrazone groups is 1. The van der Waals surface area contributed by atoms with Gasteiger partial charge in [-0.2, -0.15) is 5.10 Å². The Morgan fingerprint density at radius 3 is 2.33 bits per heavy atom. The number of nitrogens with one attached hydrogen (secondary N) is 2. The number of carbonyl (C=O) groups excluding carboxylic acids is 2. The van der Waals surface area contributed by atoms with Gasteiger partial charge in [-0.3, -0.25) is 9.59 Å². The van der Waals surface area contributed by atoms with Crippen molar-refractivity contribution in [1.82, 2.24) is 10.7 Å². The SMILES string of the molecule is CSc1ccc(/C=N\NC(=O)C(=O)NCc2ccc(C)cc2)cc1. The van der Waals surface area contributed by atoms with Gasteiger partial charge in [-0.25, -0.2) is 5.43 Å². The fraction of sp³-hybridized carbons (Fsp3) is 0.167. The van der Waals surface area contributed by atoms with E-state index in [1.807, 2.05) is 61.7 Å². The van der Waals surface area contributed by atoms with E-state index in [1.54, 1.807) is 11.8 Å². The fourth-order valence-electron chi connectivity index (χ4n) is 1.87. The lowest BCUT2D eigenvalue weighted by Gasteiger charge is -2.04. The highest BCUT2D eigenvalue weighted by Crippen LogP contribution is 2.13. The molecule has 0 heterocycles. The molecule has 5 nitrogen and oxygen atoms in total. The van der Waals surface area contributed by atoms with Gasteiger partial charge in [0.15, 0.2) is 0 Å². The Hall–Kier alpha value is -2.60. The van der Waals surface area contributed by atoms with Crippen LogP contribution in [0.4, 0.5) is 0 Å². The minimum Gasteiger partial charge on any atom is -0.344 e. The van der Waals surface area contributed by atoms with E-state index in [1.165, 1.54) is 6.21 Å². The number of hydrogen-bond acceptors (Lipinski definition) is 4. The third-order valence-electron chi connectivity index (χ3n) is 3.28. The van der Waals surface area contributed by atoms with Gasteiger partial charge in [-0.15, -0.1) is 11.8 Å². The summed E-state index contributed by atoms with van der Waals surface area (Å²) in [4.78, 5) is 24.5. The number of benzene rings is 2. The van der Waals surface area contributed by atoms with Gasteiger partial charge in [-0.05, 0) is 36.4 Å². The second-order valence-corrected chi connectivity index (χ2v) is 6.02. The maximum Gasteiger partial charge on any atom is 0.329 e. The molecule has 0 saturated carbocycles. The predicted molar refractivity (Wildman–Crippen MR) is 97.0 cm³/mol. The molecule has 0 aliphatic carbocycles. The molecule has 124 valence electrons. The average Bonchev–Trinajstić information content (AvgIpc) is 2.61. The van der Waals surface area contributed by atoms with E-state index in [0.717, 1.165) is 21.6 Å². The Kier molecular flexibility index (Phi) is 6.57. The number of thioether (sulfide) groups is 1. The van der Waals surface area contributed by atoms with Crippen LogP contribution in [-0.2, 0) is 16.1 Å². The summed E-state index contributed by atoms with van der Waals surface area (Å²) in [5, 5.41) is 6.35. The predicted octanol–water partition coefficient (Wildman–Crippen LogP) is 2.48. The zero-order chi connectivity index (χ0) is 17.4. The standard InChI is InChI=1S/C18H19N3O2S/c1-13-3-5-14(6-4-13)11-19-17(22)18(23)21-20-12-15-7-9-16(24-2)10-8-15/h3-10,12H,11H2,1-2H3,(H,19,22)(H,21,23)/b20-12-. The second-order valence-electron chi connectivity index (χ2n) is 5.14. The Morgan fingerprint density at radius 1 is 1.04 bits per heavy atom. The van der Waals surface area contributed by atoms with Crippen molar-refractivity contribution < 1.29 is 9.59 Å². The van der Waals surface area contributed by atoms with Gasteiger partial charge >= 0.3 is 11.8 Å². The maximum atomic E-state index is 11.7. The molecule has 0 aromatic heterocycles. The van der Waals surface area contributed by atoms with Crippen LogP contribution in [0.2, 0.25) is 0 Å². The van der Waals surface area contributed by atoms with Crippen LogP contribution in [0.1, 0.15) is 16.7 Å². The third-order valence-corrected chi connectivity index (χ3v) is 4.02. The van der Waals surface area contributed by atoms with E-state index >= 15 is 0 Å². The molecular weight excluding hydrogens is 322 g/mol. The molecule has 0 spiro atoms. The Labute approximate surface area is 145 Å². The van der Waals surface area contributed by atoms with Gasteiger partial charge in [0.2, 0.25) is 0 Å². The zero-order valence-electron chi connectivity index (χ0n) is 13.6. The fourth-order valence-corrected chi connectivity index (χ4v) is 2.28. The largest absolute Gasteiger partial charge is 0.344 e. The maximum absolute atomic E-state index is 11.7. The number of nitrogens with zero attached hydrogens (tertiary/aromatic N) is 1. The molecule has 2 aromatic carbocycles. The topological polar surface area (TPSA) is 70.6 Å². The number of aryl methyl sites for hydroxylation is 1. The quantitative estimate of drug-likeness (QED) is 0.380. The number of amides is 2. The molecule has 6 heteroatoms. The first-order chi connectivity index (χ1) is 11.6. The molecule has 24 heavy (non-hydrogen) atoms. The highest BCUT2D eigenvalue weighted by atomic mass is 32.2. The van der Waals surface area contributed by atoms with Crippen molar-refractivity contribution in [2.75, 3.05) is 6.26 Å². The van der Waals surface area contributed by atoms with Crippen molar-refractivity contribution in [3.8, 4) is 0 Å². The van der Waals surface area contributed by atoms with E-state index < -0.39 is 11.8 Å². The molecule has 0 unspecified atom stereocenters. The van der Waals surface area contributed by atoms with Crippen LogP contribution < -0.4 is 10.7 Å². The average molecular weight is 341 g/mol. The van der Waals surface area contributed by atoms with Crippen molar-refractivity contribution in [2.45, 2.75) is 18.4 Å². The van der Waals surface area contributed by atoms with Crippen molar-refractivity contribution in [3.63, 3.8) is 0 Å². The van der Waals surface area contributed by atoms with E-state index in [-0.39, 0.29) is 0 Å². The summed E-state index contributed by atoms with van der Waals surface area (Å²) in [7, 11) is 0. The van der Waals surface area contributed by atoms with Gasteiger partial charge < -0.3 is 5.32 Å². The first-order valence-electron chi connectivity index (χ1n) is 7.39. The Bertz CT molecular complexity index is 725. The van der Waals surface area contributed by atoms with Crippen LogP contribution in [0.25, 0.3) is 0 Å². The van der Waals surface area contributed by atoms with Crippen LogP contribution in [0.15, 0.2) is 58.5 Å². The summed E-state index contributed by atoms with van der Waals surface area (Å²) in [6, 6.07) is 15.4. The van der Waals surface area contributed by atoms with E-state index in [0.29, 0.717) is 6.54 Å². The second kappa shape index (κ2) is 8.88. The zero-order valence-corrected chi connectivity index (χ0v) is 14.4. The summed E-state index contributed by atoms with van der Waals surface area (Å²) in [5.41, 5.74) is 5.13. The van der Waals surface area contributed by atoms with Crippen LogP contribution in [0.5, 0.6) is 0 Å².